The molecule has 0 aromatic heterocycles. The Morgan fingerprint density at radius 3 is 2.33 bits per heavy atom. The number of nitrogens with zero attached hydrogens (tertiary/aromatic N) is 2. The topological polar surface area (TPSA) is 110 Å². The number of nitro benzene ring substituents is 1. The van der Waals surface area contributed by atoms with Crippen LogP contribution in [0.25, 0.3) is 0 Å². The number of benzene rings is 2. The highest BCUT2D eigenvalue weighted by atomic mass is 32.2. The largest absolute Gasteiger partial charge is 0.501 e. The van der Waals surface area contributed by atoms with E-state index in [9.17, 15) is 36.5 Å². The van der Waals surface area contributed by atoms with Gasteiger partial charge in [0.25, 0.3) is 15.5 Å². The van der Waals surface area contributed by atoms with Crippen LogP contribution in [-0.2, 0) is 21.2 Å². The number of anilines is 2. The normalized spacial score (nSPS) is 14.8. The highest BCUT2D eigenvalue weighted by Crippen LogP contribution is 2.35. The van der Waals surface area contributed by atoms with Crippen LogP contribution >= 0.6 is 0 Å². The van der Waals surface area contributed by atoms with Crippen molar-refractivity contribution < 1.29 is 31.3 Å². The van der Waals surface area contributed by atoms with E-state index in [0.29, 0.717) is 30.7 Å². The summed E-state index contributed by atoms with van der Waals surface area (Å²) in [5.41, 5.74) is -5.05. The van der Waals surface area contributed by atoms with Crippen LogP contribution < -0.4 is 10.2 Å². The first-order valence-electron chi connectivity index (χ1n) is 8.73. The molecule has 0 aliphatic carbocycles. The van der Waals surface area contributed by atoms with Crippen molar-refractivity contribution in [1.29, 1.82) is 0 Å². The van der Waals surface area contributed by atoms with Crippen molar-refractivity contribution in [3.8, 4) is 0 Å². The third-order valence-corrected chi connectivity index (χ3v) is 6.07. The summed E-state index contributed by atoms with van der Waals surface area (Å²) in [4.78, 5) is 22.5. The van der Waals surface area contributed by atoms with E-state index >= 15 is 0 Å². The molecule has 8 nitrogen and oxygen atoms in total. The third-order valence-electron chi connectivity index (χ3n) is 4.59. The molecule has 0 radical (unpaired) electrons. The van der Waals surface area contributed by atoms with Crippen molar-refractivity contribution in [3.05, 3.63) is 58.1 Å². The maximum Gasteiger partial charge on any atom is 0.501 e. The SMILES string of the molecule is O=C1CCCN1c1ccc(CNc2ccc(S(=O)(=O)C(F)(F)F)cc2[N+](=O)[O-])cc1. The van der Waals surface area contributed by atoms with Gasteiger partial charge in [-0.05, 0) is 36.2 Å². The van der Waals surface area contributed by atoms with Gasteiger partial charge in [-0.2, -0.15) is 13.2 Å². The molecule has 0 saturated carbocycles. The fourth-order valence-corrected chi connectivity index (χ4v) is 3.81. The van der Waals surface area contributed by atoms with Gasteiger partial charge in [-0.1, -0.05) is 12.1 Å². The fourth-order valence-electron chi connectivity index (χ4n) is 3.02. The van der Waals surface area contributed by atoms with Crippen LogP contribution in [-0.4, -0.2) is 31.3 Å². The van der Waals surface area contributed by atoms with E-state index in [4.69, 9.17) is 0 Å². The molecular weight excluding hydrogens is 427 g/mol. The number of hydrogen-bond donors (Lipinski definition) is 1. The minimum absolute atomic E-state index is 0.0328. The second-order valence-electron chi connectivity index (χ2n) is 6.55. The molecule has 0 unspecified atom stereocenters. The van der Waals surface area contributed by atoms with E-state index in [0.717, 1.165) is 18.2 Å². The zero-order valence-electron chi connectivity index (χ0n) is 15.3. The first-order valence-corrected chi connectivity index (χ1v) is 10.2. The Morgan fingerprint density at radius 1 is 1.13 bits per heavy atom. The molecule has 1 fully saturated rings. The molecule has 30 heavy (non-hydrogen) atoms. The van der Waals surface area contributed by atoms with Crippen molar-refractivity contribution in [2.24, 2.45) is 0 Å². The quantitative estimate of drug-likeness (QED) is 0.539. The first kappa shape index (κ1) is 21.6. The number of hydrogen-bond acceptors (Lipinski definition) is 6. The fraction of sp³-hybridized carbons (Fsp3) is 0.278. The zero-order chi connectivity index (χ0) is 22.1. The molecule has 1 heterocycles. The van der Waals surface area contributed by atoms with Crippen molar-refractivity contribution >= 4 is 32.8 Å². The van der Waals surface area contributed by atoms with Gasteiger partial charge < -0.3 is 10.2 Å². The highest BCUT2D eigenvalue weighted by Gasteiger charge is 2.47. The summed E-state index contributed by atoms with van der Waals surface area (Å²) in [6.07, 6.45) is 1.28. The van der Waals surface area contributed by atoms with Gasteiger partial charge in [0.1, 0.15) is 5.69 Å². The molecule has 0 atom stereocenters. The summed E-state index contributed by atoms with van der Waals surface area (Å²) in [6.45, 7) is 0.732. The maximum absolute atomic E-state index is 12.7. The summed E-state index contributed by atoms with van der Waals surface area (Å²) >= 11 is 0. The lowest BCUT2D eigenvalue weighted by Gasteiger charge is -2.16. The predicted molar refractivity (Wildman–Crippen MR) is 102 cm³/mol. The van der Waals surface area contributed by atoms with Crippen molar-refractivity contribution in [3.63, 3.8) is 0 Å². The second kappa shape index (κ2) is 7.94. The molecule has 3 rings (SSSR count). The van der Waals surface area contributed by atoms with E-state index in [-0.39, 0.29) is 18.1 Å². The zero-order valence-corrected chi connectivity index (χ0v) is 16.2. The van der Waals surface area contributed by atoms with Crippen LogP contribution in [0.1, 0.15) is 18.4 Å². The monoisotopic (exact) mass is 443 g/mol. The molecular formula is C18H16F3N3O5S. The molecule has 1 amide bonds. The average molecular weight is 443 g/mol. The first-order chi connectivity index (χ1) is 14.0. The Kier molecular flexibility index (Phi) is 5.70. The standard InChI is InChI=1S/C18H16F3N3O5S/c19-18(20,21)30(28,29)14-7-8-15(16(10-14)24(26)27)22-11-12-3-5-13(6-4-12)23-9-1-2-17(23)25/h3-8,10,22H,1-2,9,11H2. The van der Waals surface area contributed by atoms with E-state index in [2.05, 4.69) is 5.32 Å². The van der Waals surface area contributed by atoms with Gasteiger partial charge in [-0.25, -0.2) is 8.42 Å². The number of carbonyl (C=O) groups is 1. The number of rotatable bonds is 6. The minimum atomic E-state index is -5.70. The number of amides is 1. The molecule has 2 aromatic rings. The van der Waals surface area contributed by atoms with Gasteiger partial charge in [0.05, 0.1) is 9.82 Å². The maximum atomic E-state index is 12.7. The number of alkyl halides is 3. The third kappa shape index (κ3) is 4.22. The minimum Gasteiger partial charge on any atom is -0.375 e. The van der Waals surface area contributed by atoms with Gasteiger partial charge >= 0.3 is 5.51 Å². The number of sulfone groups is 1. The van der Waals surface area contributed by atoms with Crippen LogP contribution in [0.5, 0.6) is 0 Å². The molecule has 1 aliphatic heterocycles. The van der Waals surface area contributed by atoms with Crippen LogP contribution in [0.3, 0.4) is 0 Å². The molecule has 1 N–H and O–H groups in total. The number of carbonyl (C=O) groups excluding carboxylic acids is 1. The van der Waals surface area contributed by atoms with Crippen molar-refractivity contribution in [2.45, 2.75) is 29.8 Å². The van der Waals surface area contributed by atoms with Gasteiger partial charge in [0, 0.05) is 31.3 Å². The van der Waals surface area contributed by atoms with E-state index < -0.39 is 30.9 Å². The van der Waals surface area contributed by atoms with Crippen molar-refractivity contribution in [1.82, 2.24) is 0 Å². The lowest BCUT2D eigenvalue weighted by atomic mass is 10.2. The number of nitrogens with one attached hydrogen (secondary N) is 1. The van der Waals surface area contributed by atoms with Gasteiger partial charge in [0.2, 0.25) is 5.91 Å². The van der Waals surface area contributed by atoms with E-state index in [1.165, 1.54) is 0 Å². The average Bonchev–Trinajstić information content (AvgIpc) is 3.11. The highest BCUT2D eigenvalue weighted by molar-refractivity contribution is 7.92. The summed E-state index contributed by atoms with van der Waals surface area (Å²) < 4.78 is 61.1. The van der Waals surface area contributed by atoms with Crippen LogP contribution in [0, 0.1) is 10.1 Å². The molecule has 160 valence electrons. The number of nitro groups is 1. The summed E-state index contributed by atoms with van der Waals surface area (Å²) in [6, 6.07) is 8.85. The van der Waals surface area contributed by atoms with Crippen LogP contribution in [0.15, 0.2) is 47.4 Å². The van der Waals surface area contributed by atoms with Crippen LogP contribution in [0.4, 0.5) is 30.2 Å². The summed E-state index contributed by atoms with van der Waals surface area (Å²) in [5.74, 6) is 0.0328. The Hall–Kier alpha value is -3.15. The molecule has 2 aromatic carbocycles. The van der Waals surface area contributed by atoms with Gasteiger partial charge in [-0.3, -0.25) is 14.9 Å². The van der Waals surface area contributed by atoms with Gasteiger partial charge in [-0.15, -0.1) is 0 Å². The second-order valence-corrected chi connectivity index (χ2v) is 8.50. The lowest BCUT2D eigenvalue weighted by Crippen LogP contribution is -2.23. The number of halogens is 3. The van der Waals surface area contributed by atoms with E-state index in [1.54, 1.807) is 29.2 Å². The molecule has 1 saturated heterocycles. The molecule has 0 spiro atoms. The smallest absolute Gasteiger partial charge is 0.375 e. The van der Waals surface area contributed by atoms with Crippen LogP contribution in [0.2, 0.25) is 0 Å². The summed E-state index contributed by atoms with van der Waals surface area (Å²) in [5, 5.41) is 14.0. The summed E-state index contributed by atoms with van der Waals surface area (Å²) in [7, 11) is -5.70. The lowest BCUT2D eigenvalue weighted by molar-refractivity contribution is -0.384. The Morgan fingerprint density at radius 2 is 1.80 bits per heavy atom. The van der Waals surface area contributed by atoms with Gasteiger partial charge in [0.15, 0.2) is 0 Å². The molecule has 12 heteroatoms. The Labute approximate surface area is 169 Å². The van der Waals surface area contributed by atoms with E-state index in [1.807, 2.05) is 0 Å². The Bertz CT molecular complexity index is 1090. The molecule has 0 bridgehead atoms. The molecule has 1 aliphatic rings. The predicted octanol–water partition coefficient (Wildman–Crippen LogP) is 3.63. The van der Waals surface area contributed by atoms with Crippen molar-refractivity contribution in [2.75, 3.05) is 16.8 Å². The Balaban J connectivity index is 1.78.